The summed E-state index contributed by atoms with van der Waals surface area (Å²) in [4.78, 5) is 0. The largest absolute Gasteiger partial charge is 0.383 e. The Hall–Kier alpha value is -0.810. The Morgan fingerprint density at radius 2 is 2.50 bits per heavy atom. The van der Waals surface area contributed by atoms with Crippen LogP contribution in [0.5, 0.6) is 0 Å². The number of thioether (sulfide) groups is 1. The molecule has 0 bridgehead atoms. The highest BCUT2D eigenvalue weighted by Gasteiger charge is 2.03. The van der Waals surface area contributed by atoms with Crippen molar-refractivity contribution in [2.75, 3.05) is 19.5 Å². The van der Waals surface area contributed by atoms with Crippen molar-refractivity contribution in [2.45, 2.75) is 18.6 Å². The molecule has 0 atom stereocenters. The van der Waals surface area contributed by atoms with E-state index in [0.717, 1.165) is 23.0 Å². The van der Waals surface area contributed by atoms with Crippen molar-refractivity contribution in [3.05, 3.63) is 18.5 Å². The Morgan fingerprint density at radius 1 is 1.71 bits per heavy atom. The zero-order valence-corrected chi connectivity index (χ0v) is 9.38. The van der Waals surface area contributed by atoms with E-state index in [0.29, 0.717) is 6.61 Å². The van der Waals surface area contributed by atoms with E-state index in [1.54, 1.807) is 25.2 Å². The van der Waals surface area contributed by atoms with Crippen LogP contribution in [0.2, 0.25) is 0 Å². The fraction of sp³-hybridized carbons (Fsp3) is 0.556. The van der Waals surface area contributed by atoms with Crippen molar-refractivity contribution in [3.63, 3.8) is 0 Å². The van der Waals surface area contributed by atoms with Crippen LogP contribution >= 0.6 is 11.8 Å². The Kier molecular flexibility index (Phi) is 4.69. The van der Waals surface area contributed by atoms with Gasteiger partial charge in [-0.25, -0.2) is 0 Å². The SMILES string of the molecule is C=C(C)CSc1nncn1CCOC. The number of ether oxygens (including phenoxy) is 1. The van der Waals surface area contributed by atoms with Gasteiger partial charge < -0.3 is 9.30 Å². The van der Waals surface area contributed by atoms with Gasteiger partial charge in [0.25, 0.3) is 0 Å². The Bertz CT molecular complexity index is 298. The van der Waals surface area contributed by atoms with Crippen LogP contribution in [0.4, 0.5) is 0 Å². The Morgan fingerprint density at radius 3 is 3.14 bits per heavy atom. The minimum absolute atomic E-state index is 0.679. The molecule has 0 aliphatic heterocycles. The maximum Gasteiger partial charge on any atom is 0.191 e. The summed E-state index contributed by atoms with van der Waals surface area (Å²) < 4.78 is 6.98. The number of aromatic nitrogens is 3. The third-order valence-electron chi connectivity index (χ3n) is 1.56. The van der Waals surface area contributed by atoms with E-state index in [2.05, 4.69) is 16.8 Å². The summed E-state index contributed by atoms with van der Waals surface area (Å²) in [5.41, 5.74) is 1.14. The molecular weight excluding hydrogens is 198 g/mol. The summed E-state index contributed by atoms with van der Waals surface area (Å²) in [6.07, 6.45) is 1.72. The Balaban J connectivity index is 2.49. The average Bonchev–Trinajstić information content (AvgIpc) is 2.58. The maximum atomic E-state index is 4.99. The van der Waals surface area contributed by atoms with Gasteiger partial charge in [-0.15, -0.1) is 10.2 Å². The molecular formula is C9H15N3OS. The number of nitrogens with zero attached hydrogens (tertiary/aromatic N) is 3. The highest BCUT2D eigenvalue weighted by atomic mass is 32.2. The van der Waals surface area contributed by atoms with E-state index in [4.69, 9.17) is 4.74 Å². The molecule has 0 radical (unpaired) electrons. The molecule has 0 aliphatic carbocycles. The smallest absolute Gasteiger partial charge is 0.191 e. The van der Waals surface area contributed by atoms with Crippen molar-refractivity contribution in [1.82, 2.24) is 14.8 Å². The van der Waals surface area contributed by atoms with Gasteiger partial charge in [-0.2, -0.15) is 0 Å². The summed E-state index contributed by atoms with van der Waals surface area (Å²) in [5.74, 6) is 0.881. The second-order valence-electron chi connectivity index (χ2n) is 3.05. The van der Waals surface area contributed by atoms with Crippen LogP contribution in [0, 0.1) is 0 Å². The van der Waals surface area contributed by atoms with E-state index in [1.165, 1.54) is 0 Å². The fourth-order valence-electron chi connectivity index (χ4n) is 0.887. The van der Waals surface area contributed by atoms with Gasteiger partial charge in [-0.05, 0) is 6.92 Å². The molecule has 5 heteroatoms. The fourth-order valence-corrected chi connectivity index (χ4v) is 1.67. The van der Waals surface area contributed by atoms with Gasteiger partial charge in [0.2, 0.25) is 0 Å². The lowest BCUT2D eigenvalue weighted by Crippen LogP contribution is -2.04. The average molecular weight is 213 g/mol. The molecule has 0 fully saturated rings. The molecule has 0 saturated carbocycles. The first-order valence-electron chi connectivity index (χ1n) is 4.38. The molecule has 78 valence electrons. The van der Waals surface area contributed by atoms with Crippen LogP contribution in [0.3, 0.4) is 0 Å². The minimum Gasteiger partial charge on any atom is -0.383 e. The number of hydrogen-bond donors (Lipinski definition) is 0. The van der Waals surface area contributed by atoms with Crippen LogP contribution < -0.4 is 0 Å². The zero-order chi connectivity index (χ0) is 10.4. The maximum absolute atomic E-state index is 4.99. The van der Waals surface area contributed by atoms with Crippen molar-refractivity contribution < 1.29 is 4.74 Å². The van der Waals surface area contributed by atoms with Gasteiger partial charge in [-0.3, -0.25) is 0 Å². The van der Waals surface area contributed by atoms with Gasteiger partial charge in [0.15, 0.2) is 5.16 Å². The normalized spacial score (nSPS) is 10.4. The lowest BCUT2D eigenvalue weighted by atomic mass is 10.4. The van der Waals surface area contributed by atoms with Crippen LogP contribution in [0.1, 0.15) is 6.92 Å². The van der Waals surface area contributed by atoms with E-state index in [9.17, 15) is 0 Å². The van der Waals surface area contributed by atoms with Crippen LogP contribution in [-0.4, -0.2) is 34.2 Å². The van der Waals surface area contributed by atoms with Gasteiger partial charge in [-0.1, -0.05) is 23.9 Å². The van der Waals surface area contributed by atoms with Crippen molar-refractivity contribution >= 4 is 11.8 Å². The van der Waals surface area contributed by atoms with E-state index in [-0.39, 0.29) is 0 Å². The molecule has 1 aromatic rings. The van der Waals surface area contributed by atoms with Crippen molar-refractivity contribution in [3.8, 4) is 0 Å². The predicted molar refractivity (Wildman–Crippen MR) is 57.4 cm³/mol. The molecule has 0 spiro atoms. The van der Waals surface area contributed by atoms with Crippen LogP contribution in [0.25, 0.3) is 0 Å². The second kappa shape index (κ2) is 5.82. The number of rotatable bonds is 6. The molecule has 14 heavy (non-hydrogen) atoms. The third-order valence-corrected chi connectivity index (χ3v) is 2.78. The van der Waals surface area contributed by atoms with E-state index < -0.39 is 0 Å². The standard InChI is InChI=1S/C9H15N3OS/c1-8(2)6-14-9-11-10-7-12(9)4-5-13-3/h7H,1,4-6H2,2-3H3. The molecule has 4 nitrogen and oxygen atoms in total. The molecule has 0 unspecified atom stereocenters. The van der Waals surface area contributed by atoms with Crippen LogP contribution in [0.15, 0.2) is 23.6 Å². The predicted octanol–water partition coefficient (Wildman–Crippen LogP) is 1.59. The molecule has 1 aromatic heterocycles. The molecule has 0 aliphatic rings. The molecule has 1 rings (SSSR count). The highest BCUT2D eigenvalue weighted by Crippen LogP contribution is 2.16. The first kappa shape index (κ1) is 11.3. The van der Waals surface area contributed by atoms with Crippen molar-refractivity contribution in [2.24, 2.45) is 0 Å². The lowest BCUT2D eigenvalue weighted by Gasteiger charge is -2.04. The summed E-state index contributed by atoms with van der Waals surface area (Å²) in [6.45, 7) is 7.32. The monoisotopic (exact) mass is 213 g/mol. The number of hydrogen-bond acceptors (Lipinski definition) is 4. The van der Waals surface area contributed by atoms with Gasteiger partial charge >= 0.3 is 0 Å². The summed E-state index contributed by atoms with van der Waals surface area (Å²) >= 11 is 1.65. The van der Waals surface area contributed by atoms with Gasteiger partial charge in [0.05, 0.1) is 6.61 Å². The van der Waals surface area contributed by atoms with E-state index >= 15 is 0 Å². The third kappa shape index (κ3) is 3.51. The lowest BCUT2D eigenvalue weighted by molar-refractivity contribution is 0.184. The molecule has 0 aromatic carbocycles. The molecule has 1 heterocycles. The number of methoxy groups -OCH3 is 1. The zero-order valence-electron chi connectivity index (χ0n) is 8.56. The van der Waals surface area contributed by atoms with Crippen molar-refractivity contribution in [1.29, 1.82) is 0 Å². The van der Waals surface area contributed by atoms with Gasteiger partial charge in [0.1, 0.15) is 6.33 Å². The molecule has 0 saturated heterocycles. The summed E-state index contributed by atoms with van der Waals surface area (Å²) in [7, 11) is 1.69. The topological polar surface area (TPSA) is 39.9 Å². The molecule has 0 N–H and O–H groups in total. The van der Waals surface area contributed by atoms with Crippen LogP contribution in [-0.2, 0) is 11.3 Å². The summed E-state index contributed by atoms with van der Waals surface area (Å²) in [5, 5.41) is 8.80. The highest BCUT2D eigenvalue weighted by molar-refractivity contribution is 7.99. The molecule has 0 amide bonds. The Labute approximate surface area is 88.4 Å². The first-order valence-corrected chi connectivity index (χ1v) is 5.36. The van der Waals surface area contributed by atoms with E-state index in [1.807, 2.05) is 11.5 Å². The quantitative estimate of drug-likeness (QED) is 0.531. The second-order valence-corrected chi connectivity index (χ2v) is 3.99. The van der Waals surface area contributed by atoms with Gasteiger partial charge in [0, 0.05) is 19.4 Å². The summed E-state index contributed by atoms with van der Waals surface area (Å²) in [6, 6.07) is 0. The minimum atomic E-state index is 0.679. The first-order chi connectivity index (χ1) is 6.74.